The van der Waals surface area contributed by atoms with Crippen LogP contribution in [-0.4, -0.2) is 21.3 Å². The molecule has 0 aliphatic heterocycles. The topological polar surface area (TPSA) is 67.7 Å². The summed E-state index contributed by atoms with van der Waals surface area (Å²) in [4.78, 5) is 4.23. The average Bonchev–Trinajstić information content (AvgIpc) is 2.78. The van der Waals surface area contributed by atoms with Gasteiger partial charge in [0, 0.05) is 24.3 Å². The van der Waals surface area contributed by atoms with Crippen LogP contribution in [0.5, 0.6) is 0 Å². The van der Waals surface area contributed by atoms with Gasteiger partial charge in [-0.25, -0.2) is 4.98 Å². The highest BCUT2D eigenvalue weighted by Crippen LogP contribution is 2.09. The van der Waals surface area contributed by atoms with Crippen molar-refractivity contribution in [2.75, 3.05) is 0 Å². The maximum Gasteiger partial charge on any atom is 0.102 e. The lowest BCUT2D eigenvalue weighted by Crippen LogP contribution is -2.19. The van der Waals surface area contributed by atoms with Crippen molar-refractivity contribution in [2.24, 2.45) is 5.73 Å². The number of nitrogens with one attached hydrogen (secondary N) is 1. The van der Waals surface area contributed by atoms with Crippen molar-refractivity contribution < 1.29 is 0 Å². The van der Waals surface area contributed by atoms with Gasteiger partial charge in [0.05, 0.1) is 12.0 Å². The van der Waals surface area contributed by atoms with Gasteiger partial charge in [-0.05, 0) is 19.1 Å². The van der Waals surface area contributed by atoms with E-state index in [4.69, 9.17) is 11.1 Å². The third-order valence-electron chi connectivity index (χ3n) is 2.47. The largest absolute Gasteiger partial charge is 0.328 e. The van der Waals surface area contributed by atoms with Crippen molar-refractivity contribution >= 4 is 5.71 Å². The monoisotopic (exact) mass is 228 g/mol. The van der Waals surface area contributed by atoms with Crippen LogP contribution in [0.4, 0.5) is 0 Å². The molecule has 0 spiro atoms. The zero-order chi connectivity index (χ0) is 12.3. The van der Waals surface area contributed by atoms with E-state index in [1.54, 1.807) is 6.33 Å². The molecule has 4 nitrogen and oxygen atoms in total. The highest BCUT2D eigenvalue weighted by molar-refractivity contribution is 5.96. The first-order valence-corrected chi connectivity index (χ1v) is 5.59. The van der Waals surface area contributed by atoms with Crippen LogP contribution in [0.25, 0.3) is 5.69 Å². The van der Waals surface area contributed by atoms with Gasteiger partial charge >= 0.3 is 0 Å². The zero-order valence-electron chi connectivity index (χ0n) is 9.80. The Bertz CT molecular complexity index is 499. The number of hydrogen-bond donors (Lipinski definition) is 2. The number of hydrogen-bond acceptors (Lipinski definition) is 3. The van der Waals surface area contributed by atoms with E-state index >= 15 is 0 Å². The molecule has 3 N–H and O–H groups in total. The lowest BCUT2D eigenvalue weighted by atomic mass is 10.1. The fourth-order valence-electron chi connectivity index (χ4n) is 1.65. The van der Waals surface area contributed by atoms with E-state index in [0.29, 0.717) is 17.8 Å². The lowest BCUT2D eigenvalue weighted by Gasteiger charge is -2.03. The third-order valence-corrected chi connectivity index (χ3v) is 2.47. The lowest BCUT2D eigenvalue weighted by molar-refractivity contribution is 0.775. The molecule has 0 aliphatic rings. The van der Waals surface area contributed by atoms with Gasteiger partial charge < -0.3 is 15.7 Å². The Kier molecular flexibility index (Phi) is 3.35. The molecule has 1 atom stereocenters. The first-order valence-electron chi connectivity index (χ1n) is 5.59. The number of para-hydroxylation sites is 1. The Morgan fingerprint density at radius 2 is 2.12 bits per heavy atom. The van der Waals surface area contributed by atoms with Crippen LogP contribution in [0.2, 0.25) is 0 Å². The predicted molar refractivity (Wildman–Crippen MR) is 68.7 cm³/mol. The van der Waals surface area contributed by atoms with E-state index in [2.05, 4.69) is 4.98 Å². The van der Waals surface area contributed by atoms with E-state index in [9.17, 15) is 0 Å². The second kappa shape index (κ2) is 4.93. The van der Waals surface area contributed by atoms with Crippen molar-refractivity contribution in [3.05, 3.63) is 48.5 Å². The molecule has 0 aliphatic carbocycles. The fraction of sp³-hybridized carbons (Fsp3) is 0.231. The van der Waals surface area contributed by atoms with Gasteiger partial charge in [-0.3, -0.25) is 0 Å². The Morgan fingerprint density at radius 3 is 2.76 bits per heavy atom. The van der Waals surface area contributed by atoms with E-state index in [0.717, 1.165) is 5.69 Å². The average molecular weight is 228 g/mol. The van der Waals surface area contributed by atoms with E-state index in [1.165, 1.54) is 0 Å². The molecule has 88 valence electrons. The minimum absolute atomic E-state index is 0.00984. The summed E-state index contributed by atoms with van der Waals surface area (Å²) in [5.74, 6) is 0. The Hall–Kier alpha value is -1.94. The summed E-state index contributed by atoms with van der Waals surface area (Å²) in [5, 5.41) is 7.88. The molecule has 0 saturated carbocycles. The van der Waals surface area contributed by atoms with Crippen molar-refractivity contribution in [1.82, 2.24) is 9.55 Å². The molecule has 0 fully saturated rings. The van der Waals surface area contributed by atoms with E-state index < -0.39 is 0 Å². The van der Waals surface area contributed by atoms with Gasteiger partial charge in [-0.15, -0.1) is 0 Å². The molecule has 2 aromatic rings. The summed E-state index contributed by atoms with van der Waals surface area (Å²) in [6, 6.07) is 9.91. The molecular weight excluding hydrogens is 212 g/mol. The summed E-state index contributed by atoms with van der Waals surface area (Å²) >= 11 is 0. The van der Waals surface area contributed by atoms with Crippen molar-refractivity contribution in [3.63, 3.8) is 0 Å². The van der Waals surface area contributed by atoms with E-state index in [-0.39, 0.29) is 6.04 Å². The minimum Gasteiger partial charge on any atom is -0.328 e. The maximum absolute atomic E-state index is 7.88. The first-order chi connectivity index (χ1) is 8.16. The number of aromatic nitrogens is 2. The molecule has 0 unspecified atom stereocenters. The highest BCUT2D eigenvalue weighted by Gasteiger charge is 2.08. The molecule has 1 heterocycles. The van der Waals surface area contributed by atoms with Gasteiger partial charge in [0.25, 0.3) is 0 Å². The summed E-state index contributed by atoms with van der Waals surface area (Å²) in [7, 11) is 0. The predicted octanol–water partition coefficient (Wildman–Crippen LogP) is 1.98. The number of rotatable bonds is 4. The first kappa shape index (κ1) is 11.5. The quantitative estimate of drug-likeness (QED) is 0.786. The maximum atomic E-state index is 7.88. The van der Waals surface area contributed by atoms with Gasteiger partial charge in [-0.1, -0.05) is 18.2 Å². The summed E-state index contributed by atoms with van der Waals surface area (Å²) in [6.07, 6.45) is 4.13. The van der Waals surface area contributed by atoms with Crippen molar-refractivity contribution in [2.45, 2.75) is 19.4 Å². The number of nitrogens with two attached hydrogens (primary N) is 1. The number of nitrogens with zero attached hydrogens (tertiary/aromatic N) is 2. The molecule has 0 radical (unpaired) electrons. The number of imidazole rings is 1. The fourth-order valence-corrected chi connectivity index (χ4v) is 1.65. The van der Waals surface area contributed by atoms with Gasteiger partial charge in [-0.2, -0.15) is 0 Å². The molecule has 1 aromatic carbocycles. The SMILES string of the molecule is C[C@H](N)CC(=N)c1cn(-c2ccccc2)cn1. The van der Waals surface area contributed by atoms with Crippen LogP contribution in [0.15, 0.2) is 42.9 Å². The van der Waals surface area contributed by atoms with Crippen molar-refractivity contribution in [3.8, 4) is 5.69 Å². The Labute approximate surface area is 101 Å². The van der Waals surface area contributed by atoms with Crippen LogP contribution in [0, 0.1) is 5.41 Å². The van der Waals surface area contributed by atoms with Crippen LogP contribution in [-0.2, 0) is 0 Å². The Morgan fingerprint density at radius 1 is 1.41 bits per heavy atom. The zero-order valence-corrected chi connectivity index (χ0v) is 9.80. The second-order valence-electron chi connectivity index (χ2n) is 4.16. The third kappa shape index (κ3) is 2.79. The van der Waals surface area contributed by atoms with Crippen LogP contribution < -0.4 is 5.73 Å². The van der Waals surface area contributed by atoms with Gasteiger partial charge in [0.2, 0.25) is 0 Å². The standard InChI is InChI=1S/C13H16N4/c1-10(14)7-12(15)13-8-17(9-16-13)11-5-3-2-4-6-11/h2-6,8-10,15H,7,14H2,1H3/t10-/m0/s1. The molecule has 1 aromatic heterocycles. The Balaban J connectivity index is 2.19. The molecule has 0 amide bonds. The summed E-state index contributed by atoms with van der Waals surface area (Å²) in [5.41, 5.74) is 7.88. The second-order valence-corrected chi connectivity index (χ2v) is 4.16. The summed E-state index contributed by atoms with van der Waals surface area (Å²) < 4.78 is 1.91. The van der Waals surface area contributed by atoms with Crippen LogP contribution >= 0.6 is 0 Å². The van der Waals surface area contributed by atoms with Crippen LogP contribution in [0.1, 0.15) is 19.0 Å². The van der Waals surface area contributed by atoms with Gasteiger partial charge in [0.1, 0.15) is 5.69 Å². The molecule has 4 heteroatoms. The smallest absolute Gasteiger partial charge is 0.102 e. The summed E-state index contributed by atoms with van der Waals surface area (Å²) in [6.45, 7) is 1.89. The molecular formula is C13H16N4. The minimum atomic E-state index is -0.00984. The molecule has 0 saturated heterocycles. The van der Waals surface area contributed by atoms with Gasteiger partial charge in [0.15, 0.2) is 0 Å². The highest BCUT2D eigenvalue weighted by atomic mass is 15.0. The number of benzene rings is 1. The van der Waals surface area contributed by atoms with Crippen molar-refractivity contribution in [1.29, 1.82) is 5.41 Å². The molecule has 17 heavy (non-hydrogen) atoms. The van der Waals surface area contributed by atoms with Crippen LogP contribution in [0.3, 0.4) is 0 Å². The molecule has 2 rings (SSSR count). The van der Waals surface area contributed by atoms with E-state index in [1.807, 2.05) is 48.0 Å². The molecule has 0 bridgehead atoms. The normalized spacial score (nSPS) is 12.4.